The van der Waals surface area contributed by atoms with Crippen molar-refractivity contribution in [1.82, 2.24) is 0 Å². The normalized spacial score (nSPS) is 12.9. The maximum Gasteiger partial charge on any atom is 0.310 e. The second kappa shape index (κ2) is 51.0. The summed E-state index contributed by atoms with van der Waals surface area (Å²) in [5.41, 5.74) is 0. The number of esters is 3. The lowest BCUT2D eigenvalue weighted by Gasteiger charge is -2.18. The Morgan fingerprint density at radius 2 is 0.667 bits per heavy atom. The van der Waals surface area contributed by atoms with Crippen molar-refractivity contribution in [3.05, 3.63) is 97.2 Å². The van der Waals surface area contributed by atoms with Gasteiger partial charge >= 0.3 is 17.9 Å². The SMILES string of the molecule is CC/C=C\C/C=C\C/C=C\C/C=C\C/C=C\CC(=O)OC(COC(=O)CCCCCCC)COC(=O)CCCCCCCCCCCC/C=C\C/C=C\C/C=C\CCCCCCC. The highest BCUT2D eigenvalue weighted by atomic mass is 16.6. The lowest BCUT2D eigenvalue weighted by molar-refractivity contribution is -0.166. The number of allylic oxidation sites excluding steroid dienone is 15. The topological polar surface area (TPSA) is 78.9 Å². The van der Waals surface area contributed by atoms with Gasteiger partial charge in [0.25, 0.3) is 0 Å². The molecule has 0 saturated carbocycles. The van der Waals surface area contributed by atoms with E-state index in [1.807, 2.05) is 6.08 Å². The Balaban J connectivity index is 4.21. The van der Waals surface area contributed by atoms with Crippen molar-refractivity contribution >= 4 is 17.9 Å². The fourth-order valence-corrected chi connectivity index (χ4v) is 6.76. The molecule has 0 amide bonds. The highest BCUT2D eigenvalue weighted by Gasteiger charge is 2.19. The van der Waals surface area contributed by atoms with Crippen LogP contribution in [0.1, 0.15) is 226 Å². The minimum absolute atomic E-state index is 0.0945. The van der Waals surface area contributed by atoms with Crippen molar-refractivity contribution in [2.75, 3.05) is 13.2 Å². The molecular formula is C57H94O6. The standard InChI is InChI=1S/C57H94O6/c1-4-7-10-13-15-17-19-21-23-24-25-26-27-28-29-30-31-32-34-35-37-39-41-44-47-50-56(59)62-53-54(52-61-55(58)49-46-43-12-9-6-3)63-57(60)51-48-45-42-40-38-36-33-22-20-18-16-14-11-8-5-2/h8,11,16,18-19,21-22,24-25,27-28,33,38,40,45,48,54H,4-7,9-10,12-15,17,20,23,26,29-32,34-37,39,41-44,46-47,49-53H2,1-3H3/b11-8-,18-16-,21-19-,25-24-,28-27-,33-22-,40-38-,48-45-. The number of ether oxygens (including phenoxy) is 3. The zero-order valence-electron chi connectivity index (χ0n) is 40.8. The first-order chi connectivity index (χ1) is 31.0. The van der Waals surface area contributed by atoms with Crippen molar-refractivity contribution in [3.8, 4) is 0 Å². The van der Waals surface area contributed by atoms with Crippen LogP contribution in [0.25, 0.3) is 0 Å². The average Bonchev–Trinajstić information content (AvgIpc) is 3.28. The number of hydrogen-bond donors (Lipinski definition) is 0. The Morgan fingerprint density at radius 1 is 0.349 bits per heavy atom. The summed E-state index contributed by atoms with van der Waals surface area (Å²) in [7, 11) is 0. The van der Waals surface area contributed by atoms with Crippen molar-refractivity contribution in [3.63, 3.8) is 0 Å². The molecule has 0 spiro atoms. The fourth-order valence-electron chi connectivity index (χ4n) is 6.76. The molecule has 1 atom stereocenters. The van der Waals surface area contributed by atoms with Crippen molar-refractivity contribution in [1.29, 1.82) is 0 Å². The Morgan fingerprint density at radius 3 is 1.05 bits per heavy atom. The molecule has 0 aromatic heterocycles. The van der Waals surface area contributed by atoms with Crippen LogP contribution >= 0.6 is 0 Å². The largest absolute Gasteiger partial charge is 0.462 e. The van der Waals surface area contributed by atoms with Gasteiger partial charge in [0.2, 0.25) is 0 Å². The molecule has 0 saturated heterocycles. The van der Waals surface area contributed by atoms with Crippen LogP contribution in [0.2, 0.25) is 0 Å². The van der Waals surface area contributed by atoms with Crippen molar-refractivity contribution in [2.24, 2.45) is 0 Å². The first-order valence-electron chi connectivity index (χ1n) is 25.7. The molecule has 0 radical (unpaired) electrons. The monoisotopic (exact) mass is 875 g/mol. The van der Waals surface area contributed by atoms with Crippen LogP contribution in [0.15, 0.2) is 97.2 Å². The van der Waals surface area contributed by atoms with Gasteiger partial charge in [0.15, 0.2) is 6.10 Å². The highest BCUT2D eigenvalue weighted by Crippen LogP contribution is 2.14. The van der Waals surface area contributed by atoms with E-state index in [9.17, 15) is 14.4 Å². The molecule has 0 aromatic rings. The lowest BCUT2D eigenvalue weighted by Crippen LogP contribution is -2.30. The number of carbonyl (C=O) groups is 3. The summed E-state index contributed by atoms with van der Waals surface area (Å²) in [5, 5.41) is 0. The molecule has 63 heavy (non-hydrogen) atoms. The third-order valence-electron chi connectivity index (χ3n) is 10.6. The zero-order valence-corrected chi connectivity index (χ0v) is 40.8. The van der Waals surface area contributed by atoms with Gasteiger partial charge < -0.3 is 14.2 Å². The fraction of sp³-hybridized carbons (Fsp3) is 0.667. The summed E-state index contributed by atoms with van der Waals surface area (Å²) in [5.74, 6) is -1.07. The van der Waals surface area contributed by atoms with Gasteiger partial charge in [-0.1, -0.05) is 221 Å². The molecule has 0 N–H and O–H groups in total. The quantitative estimate of drug-likeness (QED) is 0.0262. The van der Waals surface area contributed by atoms with E-state index >= 15 is 0 Å². The second-order valence-corrected chi connectivity index (χ2v) is 16.7. The van der Waals surface area contributed by atoms with Crippen molar-refractivity contribution in [2.45, 2.75) is 232 Å². The molecule has 0 aliphatic rings. The van der Waals surface area contributed by atoms with E-state index in [2.05, 4.69) is 106 Å². The first kappa shape index (κ1) is 59.3. The lowest BCUT2D eigenvalue weighted by atomic mass is 10.1. The van der Waals surface area contributed by atoms with Gasteiger partial charge in [-0.15, -0.1) is 0 Å². The molecule has 1 unspecified atom stereocenters. The van der Waals surface area contributed by atoms with Gasteiger partial charge in [-0.25, -0.2) is 0 Å². The van der Waals surface area contributed by atoms with E-state index in [4.69, 9.17) is 14.2 Å². The molecule has 6 nitrogen and oxygen atoms in total. The summed E-state index contributed by atoms with van der Waals surface area (Å²) in [6.07, 6.45) is 67.5. The van der Waals surface area contributed by atoms with Crippen LogP contribution in [0.3, 0.4) is 0 Å². The third-order valence-corrected chi connectivity index (χ3v) is 10.6. The average molecular weight is 875 g/mol. The Hall–Kier alpha value is -3.67. The van der Waals surface area contributed by atoms with Gasteiger partial charge in [0.05, 0.1) is 6.42 Å². The zero-order chi connectivity index (χ0) is 45.8. The number of carbonyl (C=O) groups excluding carboxylic acids is 3. The number of hydrogen-bond acceptors (Lipinski definition) is 6. The summed E-state index contributed by atoms with van der Waals surface area (Å²) in [6, 6.07) is 0. The maximum absolute atomic E-state index is 12.6. The van der Waals surface area contributed by atoms with Crippen LogP contribution in [0, 0.1) is 0 Å². The minimum Gasteiger partial charge on any atom is -0.462 e. The third kappa shape index (κ3) is 49.2. The molecule has 0 aliphatic heterocycles. The van der Waals surface area contributed by atoms with E-state index in [1.54, 1.807) is 6.08 Å². The van der Waals surface area contributed by atoms with Gasteiger partial charge in [0.1, 0.15) is 13.2 Å². The van der Waals surface area contributed by atoms with E-state index in [-0.39, 0.29) is 31.6 Å². The molecule has 6 heteroatoms. The molecule has 0 fully saturated rings. The van der Waals surface area contributed by atoms with Crippen molar-refractivity contribution < 1.29 is 28.6 Å². The smallest absolute Gasteiger partial charge is 0.310 e. The van der Waals surface area contributed by atoms with E-state index in [0.29, 0.717) is 12.8 Å². The van der Waals surface area contributed by atoms with Gasteiger partial charge in [-0.2, -0.15) is 0 Å². The van der Waals surface area contributed by atoms with Gasteiger partial charge in [-0.3, -0.25) is 14.4 Å². The summed E-state index contributed by atoms with van der Waals surface area (Å²) in [6.45, 7) is 6.32. The highest BCUT2D eigenvalue weighted by molar-refractivity contribution is 5.72. The predicted molar refractivity (Wildman–Crippen MR) is 270 cm³/mol. The van der Waals surface area contributed by atoms with Crippen LogP contribution < -0.4 is 0 Å². The minimum atomic E-state index is -0.829. The molecule has 0 aromatic carbocycles. The van der Waals surface area contributed by atoms with Crippen LogP contribution in [0.4, 0.5) is 0 Å². The molecule has 0 aliphatic carbocycles. The van der Waals surface area contributed by atoms with Gasteiger partial charge in [0, 0.05) is 12.8 Å². The van der Waals surface area contributed by atoms with Crippen LogP contribution in [-0.2, 0) is 28.6 Å². The van der Waals surface area contributed by atoms with Crippen LogP contribution in [0.5, 0.6) is 0 Å². The van der Waals surface area contributed by atoms with Crippen LogP contribution in [-0.4, -0.2) is 37.2 Å². The van der Waals surface area contributed by atoms with E-state index in [0.717, 1.165) is 96.3 Å². The number of rotatable bonds is 45. The molecule has 0 heterocycles. The summed E-state index contributed by atoms with van der Waals surface area (Å²) < 4.78 is 16.5. The Bertz CT molecular complexity index is 1280. The van der Waals surface area contributed by atoms with E-state index < -0.39 is 12.1 Å². The first-order valence-corrected chi connectivity index (χ1v) is 25.7. The Labute approximate surface area is 387 Å². The summed E-state index contributed by atoms with van der Waals surface area (Å²) >= 11 is 0. The van der Waals surface area contributed by atoms with E-state index in [1.165, 1.54) is 89.9 Å². The Kier molecular flexibility index (Phi) is 48.0. The predicted octanol–water partition coefficient (Wildman–Crippen LogP) is 17.0. The molecule has 358 valence electrons. The maximum atomic E-state index is 12.6. The molecule has 0 rings (SSSR count). The molecular weight excluding hydrogens is 781 g/mol. The number of unbranched alkanes of at least 4 members (excludes halogenated alkanes) is 19. The summed E-state index contributed by atoms with van der Waals surface area (Å²) in [4.78, 5) is 37.6. The second-order valence-electron chi connectivity index (χ2n) is 16.7. The van der Waals surface area contributed by atoms with Gasteiger partial charge in [-0.05, 0) is 83.5 Å². The molecule has 0 bridgehead atoms.